The van der Waals surface area contributed by atoms with Crippen molar-refractivity contribution < 1.29 is 5.11 Å². The van der Waals surface area contributed by atoms with Gasteiger partial charge in [-0.05, 0) is 45.3 Å². The molecule has 1 aliphatic carbocycles. The van der Waals surface area contributed by atoms with Gasteiger partial charge in [-0.2, -0.15) is 0 Å². The molecule has 3 heteroatoms. The van der Waals surface area contributed by atoms with Crippen LogP contribution in [0.5, 0.6) is 5.75 Å². The molecule has 0 aromatic heterocycles. The van der Waals surface area contributed by atoms with Crippen LogP contribution >= 0.6 is 0 Å². The molecule has 0 bridgehead atoms. The minimum atomic E-state index is 0.195. The first-order valence-corrected chi connectivity index (χ1v) is 7.47. The summed E-state index contributed by atoms with van der Waals surface area (Å²) in [4.78, 5) is 2.36. The Labute approximate surface area is 123 Å². The Kier molecular flexibility index (Phi) is 4.12. The highest BCUT2D eigenvalue weighted by molar-refractivity contribution is 5.31. The van der Waals surface area contributed by atoms with Crippen LogP contribution < -0.4 is 5.32 Å². The largest absolute Gasteiger partial charge is 0.508 e. The molecule has 20 heavy (non-hydrogen) atoms. The monoisotopic (exact) mass is 276 g/mol. The number of rotatable bonds is 4. The van der Waals surface area contributed by atoms with E-state index in [9.17, 15) is 5.11 Å². The minimum Gasteiger partial charge on any atom is -0.508 e. The number of nitrogens with zero attached hydrogens (tertiary/aromatic N) is 1. The van der Waals surface area contributed by atoms with Crippen LogP contribution in [0.1, 0.15) is 39.2 Å². The SMILES string of the molecule is CN(C)[C@]1(C)CC[C@H](NCc2ccccc2O)C1(C)C. The van der Waals surface area contributed by atoms with Crippen LogP contribution in [-0.2, 0) is 6.54 Å². The van der Waals surface area contributed by atoms with Gasteiger partial charge in [-0.1, -0.05) is 32.0 Å². The molecule has 0 saturated heterocycles. The summed E-state index contributed by atoms with van der Waals surface area (Å²) in [5, 5.41) is 13.5. The maximum Gasteiger partial charge on any atom is 0.120 e. The maximum absolute atomic E-state index is 9.86. The second-order valence-corrected chi connectivity index (χ2v) is 6.99. The fourth-order valence-corrected chi connectivity index (χ4v) is 3.53. The van der Waals surface area contributed by atoms with Gasteiger partial charge in [0.25, 0.3) is 0 Å². The number of nitrogens with one attached hydrogen (secondary N) is 1. The Balaban J connectivity index is 2.07. The second-order valence-electron chi connectivity index (χ2n) is 6.99. The third kappa shape index (κ3) is 2.45. The molecule has 0 amide bonds. The summed E-state index contributed by atoms with van der Waals surface area (Å²) in [5.74, 6) is 0.381. The first-order valence-electron chi connectivity index (χ1n) is 7.47. The molecule has 0 heterocycles. The molecule has 3 nitrogen and oxygen atoms in total. The normalized spacial score (nSPS) is 29.0. The van der Waals surface area contributed by atoms with Crippen molar-refractivity contribution in [3.05, 3.63) is 29.8 Å². The van der Waals surface area contributed by atoms with E-state index >= 15 is 0 Å². The van der Waals surface area contributed by atoms with E-state index in [1.807, 2.05) is 18.2 Å². The number of benzene rings is 1. The molecular formula is C17H28N2O. The lowest BCUT2D eigenvalue weighted by molar-refractivity contribution is 0.0489. The van der Waals surface area contributed by atoms with Crippen molar-refractivity contribution in [1.82, 2.24) is 10.2 Å². The van der Waals surface area contributed by atoms with Crippen molar-refractivity contribution in [2.75, 3.05) is 14.1 Å². The molecule has 0 aliphatic heterocycles. The fraction of sp³-hybridized carbons (Fsp3) is 0.647. The minimum absolute atomic E-state index is 0.195. The molecule has 1 aromatic rings. The van der Waals surface area contributed by atoms with E-state index in [4.69, 9.17) is 0 Å². The third-order valence-corrected chi connectivity index (χ3v) is 5.70. The van der Waals surface area contributed by atoms with Crippen molar-refractivity contribution in [2.45, 2.75) is 51.7 Å². The van der Waals surface area contributed by atoms with Gasteiger partial charge in [0.15, 0.2) is 0 Å². The summed E-state index contributed by atoms with van der Waals surface area (Å²) >= 11 is 0. The zero-order valence-electron chi connectivity index (χ0n) is 13.4. The van der Waals surface area contributed by atoms with Crippen molar-refractivity contribution in [1.29, 1.82) is 0 Å². The van der Waals surface area contributed by atoms with Gasteiger partial charge in [0, 0.05) is 23.7 Å². The Morgan fingerprint density at radius 2 is 1.90 bits per heavy atom. The van der Waals surface area contributed by atoms with Gasteiger partial charge in [0.2, 0.25) is 0 Å². The number of para-hydroxylation sites is 1. The van der Waals surface area contributed by atoms with E-state index in [-0.39, 0.29) is 11.0 Å². The molecule has 0 spiro atoms. The van der Waals surface area contributed by atoms with Crippen LogP contribution in [0.2, 0.25) is 0 Å². The Bertz CT molecular complexity index is 470. The van der Waals surface area contributed by atoms with Crippen molar-refractivity contribution >= 4 is 0 Å². The van der Waals surface area contributed by atoms with Crippen LogP contribution in [0.3, 0.4) is 0 Å². The molecule has 1 aromatic carbocycles. The molecule has 1 aliphatic rings. The highest BCUT2D eigenvalue weighted by atomic mass is 16.3. The van der Waals surface area contributed by atoms with Crippen LogP contribution in [-0.4, -0.2) is 35.7 Å². The first-order chi connectivity index (χ1) is 9.29. The van der Waals surface area contributed by atoms with Crippen molar-refractivity contribution in [3.8, 4) is 5.75 Å². The third-order valence-electron chi connectivity index (χ3n) is 5.70. The van der Waals surface area contributed by atoms with E-state index in [0.29, 0.717) is 11.8 Å². The van der Waals surface area contributed by atoms with Crippen molar-refractivity contribution in [3.63, 3.8) is 0 Å². The summed E-state index contributed by atoms with van der Waals surface area (Å²) in [6.45, 7) is 7.78. The van der Waals surface area contributed by atoms with Gasteiger partial charge in [-0.25, -0.2) is 0 Å². The maximum atomic E-state index is 9.86. The summed E-state index contributed by atoms with van der Waals surface area (Å²) in [5.41, 5.74) is 1.38. The first kappa shape index (κ1) is 15.3. The van der Waals surface area contributed by atoms with Gasteiger partial charge >= 0.3 is 0 Å². The van der Waals surface area contributed by atoms with Gasteiger partial charge in [0.05, 0.1) is 0 Å². The van der Waals surface area contributed by atoms with E-state index in [0.717, 1.165) is 12.1 Å². The number of phenolic OH excluding ortho intramolecular Hbond substituents is 1. The molecule has 2 N–H and O–H groups in total. The summed E-state index contributed by atoms with van der Waals surface area (Å²) in [7, 11) is 4.35. The van der Waals surface area contributed by atoms with E-state index in [2.05, 4.69) is 45.1 Å². The molecule has 1 fully saturated rings. The van der Waals surface area contributed by atoms with E-state index < -0.39 is 0 Å². The summed E-state index contributed by atoms with van der Waals surface area (Å²) < 4.78 is 0. The average Bonchev–Trinajstić information content (AvgIpc) is 2.61. The second kappa shape index (κ2) is 5.38. The number of phenols is 1. The van der Waals surface area contributed by atoms with Crippen LogP contribution in [0.15, 0.2) is 24.3 Å². The average molecular weight is 276 g/mol. The van der Waals surface area contributed by atoms with Gasteiger partial charge in [-0.15, -0.1) is 0 Å². The topological polar surface area (TPSA) is 35.5 Å². The molecule has 0 unspecified atom stereocenters. The highest BCUT2D eigenvalue weighted by Crippen LogP contribution is 2.48. The van der Waals surface area contributed by atoms with E-state index in [1.54, 1.807) is 6.07 Å². The van der Waals surface area contributed by atoms with Crippen LogP contribution in [0.25, 0.3) is 0 Å². The molecule has 112 valence electrons. The lowest BCUT2D eigenvalue weighted by Crippen LogP contribution is -2.54. The Morgan fingerprint density at radius 1 is 1.25 bits per heavy atom. The lowest BCUT2D eigenvalue weighted by Gasteiger charge is -2.46. The molecule has 1 saturated carbocycles. The van der Waals surface area contributed by atoms with Crippen LogP contribution in [0.4, 0.5) is 0 Å². The van der Waals surface area contributed by atoms with Gasteiger partial charge in [-0.3, -0.25) is 0 Å². The quantitative estimate of drug-likeness (QED) is 0.887. The standard InChI is InChI=1S/C17H28N2O/c1-16(2)15(10-11-17(16,3)19(4)5)18-12-13-8-6-7-9-14(13)20/h6-9,15,18,20H,10-12H2,1-5H3/t15-,17+/m0/s1. The van der Waals surface area contributed by atoms with Gasteiger partial charge < -0.3 is 15.3 Å². The zero-order valence-corrected chi connectivity index (χ0v) is 13.4. The number of aromatic hydroxyl groups is 1. The molecule has 2 atom stereocenters. The fourth-order valence-electron chi connectivity index (χ4n) is 3.53. The number of hydrogen-bond donors (Lipinski definition) is 2. The van der Waals surface area contributed by atoms with E-state index in [1.165, 1.54) is 12.8 Å². The predicted molar refractivity (Wildman–Crippen MR) is 83.8 cm³/mol. The summed E-state index contributed by atoms with van der Waals surface area (Å²) in [6.07, 6.45) is 2.38. The van der Waals surface area contributed by atoms with Crippen LogP contribution in [0, 0.1) is 5.41 Å². The molecular weight excluding hydrogens is 248 g/mol. The smallest absolute Gasteiger partial charge is 0.120 e. The van der Waals surface area contributed by atoms with Crippen molar-refractivity contribution in [2.24, 2.45) is 5.41 Å². The molecule has 0 radical (unpaired) electrons. The predicted octanol–water partition coefficient (Wildman–Crippen LogP) is 2.99. The summed E-state index contributed by atoms with van der Waals surface area (Å²) in [6, 6.07) is 8.03. The Hall–Kier alpha value is -1.06. The van der Waals surface area contributed by atoms with Gasteiger partial charge in [0.1, 0.15) is 5.75 Å². The zero-order chi connectivity index (χ0) is 15.0. The highest BCUT2D eigenvalue weighted by Gasteiger charge is 2.52. The number of hydrogen-bond acceptors (Lipinski definition) is 3. The Morgan fingerprint density at radius 3 is 2.45 bits per heavy atom. The lowest BCUT2D eigenvalue weighted by atomic mass is 9.73. The molecule has 2 rings (SSSR count).